The van der Waals surface area contributed by atoms with Crippen LogP contribution < -0.4 is 16.8 Å². The van der Waals surface area contributed by atoms with E-state index in [1.165, 1.54) is 0 Å². The van der Waals surface area contributed by atoms with Crippen LogP contribution in [-0.4, -0.2) is 36.0 Å². The molecule has 1 aliphatic rings. The van der Waals surface area contributed by atoms with Gasteiger partial charge >= 0.3 is 12.1 Å². The first-order valence-electron chi connectivity index (χ1n) is 9.33. The molecule has 6 N–H and O–H groups in total. The molecule has 0 saturated carbocycles. The Labute approximate surface area is 163 Å². The predicted molar refractivity (Wildman–Crippen MR) is 106 cm³/mol. The summed E-state index contributed by atoms with van der Waals surface area (Å²) in [4.78, 5) is 23.6. The van der Waals surface area contributed by atoms with Crippen LogP contribution in [0.4, 0.5) is 4.79 Å². The fourth-order valence-corrected chi connectivity index (χ4v) is 3.60. The van der Waals surface area contributed by atoms with Crippen molar-refractivity contribution < 1.29 is 19.4 Å². The molecule has 3 rings (SSSR count). The highest BCUT2D eigenvalue weighted by Gasteiger charge is 2.29. The highest BCUT2D eigenvalue weighted by Crippen LogP contribution is 2.44. The number of carbonyl (C=O) groups excluding carboxylic acids is 1. The lowest BCUT2D eigenvalue weighted by molar-refractivity contribution is -0.139. The van der Waals surface area contributed by atoms with Crippen molar-refractivity contribution in [1.82, 2.24) is 5.32 Å². The number of amides is 1. The second-order valence-corrected chi connectivity index (χ2v) is 6.96. The monoisotopic (exact) mass is 383 g/mol. The van der Waals surface area contributed by atoms with Gasteiger partial charge in [-0.15, -0.1) is 0 Å². The van der Waals surface area contributed by atoms with E-state index in [4.69, 9.17) is 16.2 Å². The second-order valence-electron chi connectivity index (χ2n) is 6.96. The number of hydrogen-bond acceptors (Lipinski definition) is 5. The summed E-state index contributed by atoms with van der Waals surface area (Å²) in [6, 6.07) is 15.0. The lowest BCUT2D eigenvalue weighted by atomic mass is 9.98. The molecule has 0 fully saturated rings. The van der Waals surface area contributed by atoms with Crippen molar-refractivity contribution in [3.05, 3.63) is 59.7 Å². The minimum Gasteiger partial charge on any atom is -0.480 e. The summed E-state index contributed by atoms with van der Waals surface area (Å²) in [6.07, 6.45) is -0.0194. The molecule has 0 radical (unpaired) electrons. The summed E-state index contributed by atoms with van der Waals surface area (Å²) in [6.45, 7) is 0.139. The van der Waals surface area contributed by atoms with Crippen LogP contribution in [0.15, 0.2) is 48.5 Å². The van der Waals surface area contributed by atoms with Gasteiger partial charge in [-0.1, -0.05) is 48.5 Å². The van der Waals surface area contributed by atoms with Crippen LogP contribution >= 0.6 is 0 Å². The van der Waals surface area contributed by atoms with Gasteiger partial charge in [0.15, 0.2) is 0 Å². The molecule has 7 heteroatoms. The zero-order chi connectivity index (χ0) is 20.1. The average Bonchev–Trinajstić information content (AvgIpc) is 2.99. The van der Waals surface area contributed by atoms with E-state index in [0.717, 1.165) is 22.3 Å². The smallest absolute Gasteiger partial charge is 0.407 e. The van der Waals surface area contributed by atoms with Crippen molar-refractivity contribution >= 4 is 12.1 Å². The molecule has 1 atom stereocenters. The van der Waals surface area contributed by atoms with Gasteiger partial charge < -0.3 is 26.6 Å². The van der Waals surface area contributed by atoms with Crippen molar-refractivity contribution in [3.63, 3.8) is 0 Å². The largest absolute Gasteiger partial charge is 0.480 e. The zero-order valence-corrected chi connectivity index (χ0v) is 15.5. The Bertz CT molecular complexity index is 808. The Hall–Kier alpha value is -2.90. The lowest BCUT2D eigenvalue weighted by Gasteiger charge is -2.17. The van der Waals surface area contributed by atoms with Crippen molar-refractivity contribution in [2.45, 2.75) is 37.4 Å². The molecule has 1 amide bonds. The number of ether oxygens (including phenoxy) is 1. The Morgan fingerprint density at radius 2 is 1.57 bits per heavy atom. The fourth-order valence-electron chi connectivity index (χ4n) is 3.60. The van der Waals surface area contributed by atoms with Crippen molar-refractivity contribution in [3.8, 4) is 11.1 Å². The van der Waals surface area contributed by atoms with Crippen LogP contribution in [0.5, 0.6) is 0 Å². The summed E-state index contributed by atoms with van der Waals surface area (Å²) < 4.78 is 5.38. The number of fused-ring (bicyclic) bond motifs is 3. The summed E-state index contributed by atoms with van der Waals surface area (Å²) in [5.74, 6) is -1.18. The molecule has 148 valence electrons. The number of alkyl carbamates (subject to hydrolysis) is 1. The molecule has 1 aliphatic carbocycles. The molecule has 28 heavy (non-hydrogen) atoms. The van der Waals surface area contributed by atoms with E-state index in [1.807, 2.05) is 36.4 Å². The van der Waals surface area contributed by atoms with Crippen molar-refractivity contribution in [1.29, 1.82) is 0 Å². The highest BCUT2D eigenvalue weighted by atomic mass is 16.5. The maximum atomic E-state index is 12.2. The number of carbonyl (C=O) groups is 2. The number of rotatable bonds is 8. The van der Waals surface area contributed by atoms with E-state index < -0.39 is 24.3 Å². The quantitative estimate of drug-likeness (QED) is 0.518. The standard InChI is InChI=1S/C21H25N3O4/c22-19(23)11-5-10-18(20(25)26)24-21(27)28-12-17-15-8-3-1-6-13(15)14-7-2-4-9-16(14)17/h1-4,6-9,17-19H,5,10-12,22-23H2,(H,24,27)(H,25,26). The molecule has 0 saturated heterocycles. The second kappa shape index (κ2) is 8.86. The minimum atomic E-state index is -1.11. The number of carboxylic acids is 1. The molecule has 1 unspecified atom stereocenters. The van der Waals surface area contributed by atoms with Gasteiger partial charge in [0.2, 0.25) is 0 Å². The highest BCUT2D eigenvalue weighted by molar-refractivity contribution is 5.81. The summed E-state index contributed by atoms with van der Waals surface area (Å²) in [5, 5.41) is 11.7. The van der Waals surface area contributed by atoms with Crippen LogP contribution in [0.2, 0.25) is 0 Å². The molecular formula is C21H25N3O4. The molecule has 2 aromatic carbocycles. The number of nitrogens with two attached hydrogens (primary N) is 2. The van der Waals surface area contributed by atoms with Crippen LogP contribution in [-0.2, 0) is 9.53 Å². The van der Waals surface area contributed by atoms with Gasteiger partial charge in [-0.2, -0.15) is 0 Å². The third-order valence-corrected chi connectivity index (χ3v) is 4.96. The van der Waals surface area contributed by atoms with Gasteiger partial charge in [0.25, 0.3) is 0 Å². The summed E-state index contributed by atoms with van der Waals surface area (Å²) in [7, 11) is 0. The lowest BCUT2D eigenvalue weighted by Crippen LogP contribution is -2.41. The van der Waals surface area contributed by atoms with Crippen LogP contribution in [0.3, 0.4) is 0 Å². The SMILES string of the molecule is NC(N)CCCC(NC(=O)OCC1c2ccccc2-c2ccccc21)C(=O)O. The first-order chi connectivity index (χ1) is 13.5. The van der Waals surface area contributed by atoms with Gasteiger partial charge in [-0.3, -0.25) is 0 Å². The van der Waals surface area contributed by atoms with Gasteiger partial charge in [-0.05, 0) is 41.5 Å². The van der Waals surface area contributed by atoms with E-state index in [-0.39, 0.29) is 18.9 Å². The van der Waals surface area contributed by atoms with Gasteiger partial charge in [-0.25, -0.2) is 9.59 Å². The molecule has 0 aromatic heterocycles. The maximum Gasteiger partial charge on any atom is 0.407 e. The van der Waals surface area contributed by atoms with E-state index in [2.05, 4.69) is 17.4 Å². The molecule has 0 bridgehead atoms. The Morgan fingerprint density at radius 1 is 1.00 bits per heavy atom. The number of hydrogen-bond donors (Lipinski definition) is 4. The number of nitrogens with one attached hydrogen (secondary N) is 1. The normalized spacial score (nSPS) is 13.7. The number of aliphatic carboxylic acids is 1. The fraction of sp³-hybridized carbons (Fsp3) is 0.333. The molecule has 2 aromatic rings. The summed E-state index contributed by atoms with van der Waals surface area (Å²) in [5.41, 5.74) is 15.4. The number of carboxylic acid groups (broad SMARTS) is 1. The topological polar surface area (TPSA) is 128 Å². The first kappa shape index (κ1) is 19.9. The molecular weight excluding hydrogens is 358 g/mol. The maximum absolute atomic E-state index is 12.2. The van der Waals surface area contributed by atoms with Crippen LogP contribution in [0, 0.1) is 0 Å². The molecule has 0 spiro atoms. The van der Waals surface area contributed by atoms with E-state index in [9.17, 15) is 14.7 Å². The third kappa shape index (κ3) is 4.49. The van der Waals surface area contributed by atoms with E-state index in [0.29, 0.717) is 12.8 Å². The van der Waals surface area contributed by atoms with E-state index in [1.54, 1.807) is 0 Å². The Kier molecular flexibility index (Phi) is 6.28. The van der Waals surface area contributed by atoms with Crippen LogP contribution in [0.1, 0.15) is 36.3 Å². The van der Waals surface area contributed by atoms with Gasteiger partial charge in [0, 0.05) is 5.92 Å². The Morgan fingerprint density at radius 3 is 2.11 bits per heavy atom. The van der Waals surface area contributed by atoms with Crippen molar-refractivity contribution in [2.75, 3.05) is 6.61 Å². The average molecular weight is 383 g/mol. The van der Waals surface area contributed by atoms with Crippen LogP contribution in [0.25, 0.3) is 11.1 Å². The third-order valence-electron chi connectivity index (χ3n) is 4.96. The zero-order valence-electron chi connectivity index (χ0n) is 15.5. The number of benzene rings is 2. The molecule has 0 heterocycles. The Balaban J connectivity index is 1.62. The van der Waals surface area contributed by atoms with E-state index >= 15 is 0 Å². The minimum absolute atomic E-state index is 0.0725. The summed E-state index contributed by atoms with van der Waals surface area (Å²) >= 11 is 0. The first-order valence-corrected chi connectivity index (χ1v) is 9.33. The van der Waals surface area contributed by atoms with Gasteiger partial charge in [0.1, 0.15) is 12.6 Å². The van der Waals surface area contributed by atoms with Gasteiger partial charge in [0.05, 0.1) is 6.17 Å². The van der Waals surface area contributed by atoms with Crippen molar-refractivity contribution in [2.24, 2.45) is 11.5 Å². The predicted octanol–water partition coefficient (Wildman–Crippen LogP) is 2.39. The molecule has 7 nitrogen and oxygen atoms in total. The molecule has 0 aliphatic heterocycles.